The fourth-order valence-corrected chi connectivity index (χ4v) is 4.12. The van der Waals surface area contributed by atoms with Crippen molar-refractivity contribution in [3.8, 4) is 10.6 Å². The molecule has 0 amide bonds. The van der Waals surface area contributed by atoms with Crippen LogP contribution in [0.1, 0.15) is 42.6 Å². The van der Waals surface area contributed by atoms with Crippen molar-refractivity contribution in [2.24, 2.45) is 4.99 Å². The Labute approximate surface area is 156 Å². The quantitative estimate of drug-likeness (QED) is 0.686. The maximum atomic E-state index is 13.0. The summed E-state index contributed by atoms with van der Waals surface area (Å²) in [6.45, 7) is 0. The number of benzene rings is 1. The van der Waals surface area contributed by atoms with Crippen LogP contribution in [0.25, 0.3) is 10.6 Å². The molecule has 26 heavy (non-hydrogen) atoms. The maximum Gasteiger partial charge on any atom is 0.283 e. The molecule has 4 nitrogen and oxygen atoms in total. The molecule has 0 bridgehead atoms. The van der Waals surface area contributed by atoms with Gasteiger partial charge in [-0.3, -0.25) is 14.4 Å². The molecule has 4 rings (SSSR count). The summed E-state index contributed by atoms with van der Waals surface area (Å²) in [7, 11) is 0. The normalized spacial score (nSPS) is 15.9. The fraction of sp³-hybridized carbons (Fsp3) is 0.286. The maximum absolute atomic E-state index is 13.0. The molecular weight excluding hydrogens is 342 g/mol. The monoisotopic (exact) mass is 363 g/mol. The van der Waals surface area contributed by atoms with Gasteiger partial charge >= 0.3 is 0 Å². The van der Waals surface area contributed by atoms with E-state index >= 15 is 0 Å². The molecule has 0 radical (unpaired) electrons. The third kappa shape index (κ3) is 3.68. The molecule has 0 atom stereocenters. The molecule has 0 unspecified atom stereocenters. The van der Waals surface area contributed by atoms with Crippen LogP contribution in [0.3, 0.4) is 0 Å². The standard InChI is InChI=1S/C21H21N3OS/c25-21(18-15-26-20(23-18)16-9-3-1-4-10-16)24-14-8-7-13-19(24)22-17-11-5-2-6-12-17/h1,3-4,7-10,13-15,17H,2,5-6,11-12H2. The zero-order chi connectivity index (χ0) is 17.8. The highest BCUT2D eigenvalue weighted by Gasteiger charge is 2.16. The second-order valence-electron chi connectivity index (χ2n) is 6.56. The summed E-state index contributed by atoms with van der Waals surface area (Å²) in [4.78, 5) is 22.4. The van der Waals surface area contributed by atoms with Gasteiger partial charge in [0, 0.05) is 17.1 Å². The van der Waals surface area contributed by atoms with Crippen molar-refractivity contribution >= 4 is 17.2 Å². The van der Waals surface area contributed by atoms with Gasteiger partial charge in [0.1, 0.15) is 16.2 Å². The van der Waals surface area contributed by atoms with Crippen LogP contribution in [0.2, 0.25) is 0 Å². The first-order valence-corrected chi connectivity index (χ1v) is 9.96. The van der Waals surface area contributed by atoms with Crippen molar-refractivity contribution in [3.63, 3.8) is 0 Å². The topological polar surface area (TPSA) is 47.2 Å². The highest BCUT2D eigenvalue weighted by Crippen LogP contribution is 2.23. The molecule has 0 spiro atoms. The summed E-state index contributed by atoms with van der Waals surface area (Å²) < 4.78 is 1.62. The highest BCUT2D eigenvalue weighted by molar-refractivity contribution is 7.13. The molecule has 132 valence electrons. The van der Waals surface area contributed by atoms with Crippen molar-refractivity contribution in [1.29, 1.82) is 0 Å². The summed E-state index contributed by atoms with van der Waals surface area (Å²) in [5.41, 5.74) is 2.21. The molecule has 2 heterocycles. The van der Waals surface area contributed by atoms with Crippen LogP contribution in [-0.4, -0.2) is 21.5 Å². The van der Waals surface area contributed by atoms with Gasteiger partial charge in [0.05, 0.1) is 6.04 Å². The Balaban J connectivity index is 1.65. The first kappa shape index (κ1) is 16.9. The molecule has 1 aromatic carbocycles. The lowest BCUT2D eigenvalue weighted by Crippen LogP contribution is -2.29. The predicted molar refractivity (Wildman–Crippen MR) is 104 cm³/mol. The number of aromatic nitrogens is 2. The molecule has 3 aromatic rings. The van der Waals surface area contributed by atoms with Gasteiger partial charge in [0.25, 0.3) is 5.91 Å². The second kappa shape index (κ2) is 7.79. The van der Waals surface area contributed by atoms with E-state index in [1.807, 2.05) is 53.9 Å². The first-order valence-electron chi connectivity index (χ1n) is 9.08. The SMILES string of the molecule is O=C(c1csc(-c2ccccc2)n1)n1ccccc1=NC1CCCCC1. The molecule has 1 fully saturated rings. The summed E-state index contributed by atoms with van der Waals surface area (Å²) in [5, 5.41) is 2.69. The van der Waals surface area contributed by atoms with Gasteiger partial charge in [0.15, 0.2) is 0 Å². The van der Waals surface area contributed by atoms with E-state index in [1.165, 1.54) is 30.6 Å². The third-order valence-electron chi connectivity index (χ3n) is 4.69. The van der Waals surface area contributed by atoms with Gasteiger partial charge in [-0.2, -0.15) is 0 Å². The number of rotatable bonds is 3. The Hall–Kier alpha value is -2.53. The smallest absolute Gasteiger partial charge is 0.267 e. The molecular formula is C21H21N3OS. The Morgan fingerprint density at radius 3 is 2.62 bits per heavy atom. The Kier molecular flexibility index (Phi) is 5.07. The van der Waals surface area contributed by atoms with Crippen molar-refractivity contribution in [1.82, 2.24) is 9.55 Å². The van der Waals surface area contributed by atoms with Crippen LogP contribution >= 0.6 is 11.3 Å². The van der Waals surface area contributed by atoms with Crippen LogP contribution in [0, 0.1) is 0 Å². The lowest BCUT2D eigenvalue weighted by atomic mass is 9.96. The molecule has 0 N–H and O–H groups in total. The minimum atomic E-state index is -0.126. The Morgan fingerprint density at radius 2 is 1.81 bits per heavy atom. The molecule has 1 aliphatic carbocycles. The molecule has 5 heteroatoms. The van der Waals surface area contributed by atoms with E-state index in [1.54, 1.807) is 10.8 Å². The lowest BCUT2D eigenvalue weighted by molar-refractivity contribution is 0.0950. The number of nitrogens with zero attached hydrogens (tertiary/aromatic N) is 3. The Morgan fingerprint density at radius 1 is 1.04 bits per heavy atom. The highest BCUT2D eigenvalue weighted by atomic mass is 32.1. The number of hydrogen-bond donors (Lipinski definition) is 0. The van der Waals surface area contributed by atoms with Crippen molar-refractivity contribution in [2.75, 3.05) is 0 Å². The summed E-state index contributed by atoms with van der Waals surface area (Å²) in [5.74, 6) is -0.126. The summed E-state index contributed by atoms with van der Waals surface area (Å²) in [6, 6.07) is 16.0. The first-order chi connectivity index (χ1) is 12.8. The van der Waals surface area contributed by atoms with Gasteiger partial charge in [0.2, 0.25) is 0 Å². The fourth-order valence-electron chi connectivity index (χ4n) is 3.32. The molecule has 0 aliphatic heterocycles. The largest absolute Gasteiger partial charge is 0.283 e. The summed E-state index contributed by atoms with van der Waals surface area (Å²) in [6.07, 6.45) is 7.74. The lowest BCUT2D eigenvalue weighted by Gasteiger charge is -2.17. The van der Waals surface area contributed by atoms with Crippen LogP contribution in [0.15, 0.2) is 65.1 Å². The number of carbonyl (C=O) groups is 1. The van der Waals surface area contributed by atoms with E-state index in [0.717, 1.165) is 28.9 Å². The third-order valence-corrected chi connectivity index (χ3v) is 5.58. The van der Waals surface area contributed by atoms with Gasteiger partial charge in [-0.05, 0) is 25.0 Å². The van der Waals surface area contributed by atoms with Crippen LogP contribution in [0.5, 0.6) is 0 Å². The minimum absolute atomic E-state index is 0.126. The second-order valence-corrected chi connectivity index (χ2v) is 7.42. The van der Waals surface area contributed by atoms with Gasteiger partial charge in [-0.1, -0.05) is 55.7 Å². The molecule has 1 saturated carbocycles. The van der Waals surface area contributed by atoms with Crippen molar-refractivity contribution in [2.45, 2.75) is 38.1 Å². The van der Waals surface area contributed by atoms with E-state index in [-0.39, 0.29) is 5.91 Å². The van der Waals surface area contributed by atoms with Crippen LogP contribution in [-0.2, 0) is 0 Å². The van der Waals surface area contributed by atoms with E-state index < -0.39 is 0 Å². The van der Waals surface area contributed by atoms with Crippen LogP contribution < -0.4 is 5.49 Å². The number of thiazole rings is 1. The number of carbonyl (C=O) groups excluding carboxylic acids is 1. The van der Waals surface area contributed by atoms with Gasteiger partial charge in [-0.15, -0.1) is 11.3 Å². The van der Waals surface area contributed by atoms with E-state index in [0.29, 0.717) is 11.7 Å². The Bertz CT molecular complexity index is 952. The predicted octanol–water partition coefficient (Wildman–Crippen LogP) is 4.53. The van der Waals surface area contributed by atoms with E-state index in [9.17, 15) is 4.79 Å². The van der Waals surface area contributed by atoms with Crippen molar-refractivity contribution < 1.29 is 4.79 Å². The minimum Gasteiger partial charge on any atom is -0.267 e. The zero-order valence-electron chi connectivity index (χ0n) is 14.5. The molecule has 1 aliphatic rings. The van der Waals surface area contributed by atoms with Crippen molar-refractivity contribution in [3.05, 3.63) is 71.3 Å². The number of pyridine rings is 1. The van der Waals surface area contributed by atoms with Crippen LogP contribution in [0.4, 0.5) is 0 Å². The van der Waals surface area contributed by atoms with E-state index in [2.05, 4.69) is 4.98 Å². The average molecular weight is 363 g/mol. The molecule has 2 aromatic heterocycles. The van der Waals surface area contributed by atoms with Gasteiger partial charge < -0.3 is 0 Å². The van der Waals surface area contributed by atoms with Gasteiger partial charge in [-0.25, -0.2) is 4.98 Å². The molecule has 0 saturated heterocycles. The summed E-state index contributed by atoms with van der Waals surface area (Å²) >= 11 is 1.49. The zero-order valence-corrected chi connectivity index (χ0v) is 15.4. The number of hydrogen-bond acceptors (Lipinski definition) is 4. The van der Waals surface area contributed by atoms with E-state index in [4.69, 9.17) is 4.99 Å². The average Bonchev–Trinajstić information content (AvgIpc) is 3.20.